The largest absolute Gasteiger partial charge is 0.390 e. The molecule has 0 aliphatic carbocycles. The molecular weight excluding hydrogens is 231 g/mol. The lowest BCUT2D eigenvalue weighted by Gasteiger charge is -2.27. The minimum atomic E-state index is -0.518. The van der Waals surface area contributed by atoms with Crippen LogP contribution >= 0.6 is 0 Å². The van der Waals surface area contributed by atoms with E-state index in [2.05, 4.69) is 19.2 Å². The van der Waals surface area contributed by atoms with Crippen LogP contribution in [0.15, 0.2) is 18.2 Å². The molecule has 18 heavy (non-hydrogen) atoms. The Morgan fingerprint density at radius 1 is 1.44 bits per heavy atom. The molecule has 0 saturated carbocycles. The van der Waals surface area contributed by atoms with Crippen LogP contribution < -0.4 is 11.1 Å². The highest BCUT2D eigenvalue weighted by Gasteiger charge is 2.21. The van der Waals surface area contributed by atoms with Crippen molar-refractivity contribution in [1.82, 2.24) is 5.32 Å². The van der Waals surface area contributed by atoms with Crippen molar-refractivity contribution < 1.29 is 9.50 Å². The van der Waals surface area contributed by atoms with Crippen molar-refractivity contribution in [2.75, 3.05) is 19.6 Å². The lowest BCUT2D eigenvalue weighted by molar-refractivity contribution is 0.177. The van der Waals surface area contributed by atoms with E-state index in [4.69, 9.17) is 5.73 Å². The molecule has 3 nitrogen and oxygen atoms in total. The molecule has 0 heterocycles. The summed E-state index contributed by atoms with van der Waals surface area (Å²) >= 11 is 0. The lowest BCUT2D eigenvalue weighted by Crippen LogP contribution is -2.39. The number of rotatable bonds is 6. The first-order valence-electron chi connectivity index (χ1n) is 6.22. The average Bonchev–Trinajstić information content (AvgIpc) is 2.32. The number of hydrogen-bond donors (Lipinski definition) is 3. The first kappa shape index (κ1) is 15.1. The SMILES string of the molecule is Cc1cc(C(C)(C)CNCC(O)CN)ccc1F. The van der Waals surface area contributed by atoms with Crippen LogP contribution in [0.25, 0.3) is 0 Å². The number of nitrogens with two attached hydrogens (primary N) is 1. The highest BCUT2D eigenvalue weighted by atomic mass is 19.1. The Hall–Kier alpha value is -0.970. The van der Waals surface area contributed by atoms with Crippen molar-refractivity contribution in [3.8, 4) is 0 Å². The Morgan fingerprint density at radius 2 is 2.11 bits per heavy atom. The van der Waals surface area contributed by atoms with Crippen molar-refractivity contribution in [3.63, 3.8) is 0 Å². The summed E-state index contributed by atoms with van der Waals surface area (Å²) in [5.74, 6) is -0.180. The second-order valence-corrected chi connectivity index (χ2v) is 5.37. The molecule has 0 bridgehead atoms. The van der Waals surface area contributed by atoms with Gasteiger partial charge in [-0.05, 0) is 24.1 Å². The molecule has 0 aliphatic rings. The van der Waals surface area contributed by atoms with Gasteiger partial charge >= 0.3 is 0 Å². The quantitative estimate of drug-likeness (QED) is 0.717. The van der Waals surface area contributed by atoms with Crippen molar-refractivity contribution in [1.29, 1.82) is 0 Å². The van der Waals surface area contributed by atoms with Gasteiger partial charge in [0.15, 0.2) is 0 Å². The lowest BCUT2D eigenvalue weighted by atomic mass is 9.84. The monoisotopic (exact) mass is 254 g/mol. The number of aliphatic hydroxyl groups excluding tert-OH is 1. The number of nitrogens with one attached hydrogen (secondary N) is 1. The molecule has 0 aliphatic heterocycles. The van der Waals surface area contributed by atoms with Crippen LogP contribution in [0.3, 0.4) is 0 Å². The molecule has 0 spiro atoms. The minimum Gasteiger partial charge on any atom is -0.390 e. The highest BCUT2D eigenvalue weighted by molar-refractivity contribution is 5.29. The predicted octanol–water partition coefficient (Wildman–Crippen LogP) is 1.32. The van der Waals surface area contributed by atoms with Gasteiger partial charge in [-0.2, -0.15) is 0 Å². The summed E-state index contributed by atoms with van der Waals surface area (Å²) in [6.45, 7) is 7.36. The minimum absolute atomic E-state index is 0.118. The van der Waals surface area contributed by atoms with E-state index in [9.17, 15) is 9.50 Å². The zero-order valence-electron chi connectivity index (χ0n) is 11.3. The Morgan fingerprint density at radius 3 is 2.67 bits per heavy atom. The highest BCUT2D eigenvalue weighted by Crippen LogP contribution is 2.24. The van der Waals surface area contributed by atoms with E-state index in [1.165, 1.54) is 6.07 Å². The molecule has 0 fully saturated rings. The average molecular weight is 254 g/mol. The van der Waals surface area contributed by atoms with E-state index in [1.807, 2.05) is 12.1 Å². The third kappa shape index (κ3) is 4.05. The molecule has 1 unspecified atom stereocenters. The second-order valence-electron chi connectivity index (χ2n) is 5.37. The third-order valence-corrected chi connectivity index (χ3v) is 3.16. The van der Waals surface area contributed by atoms with E-state index in [1.54, 1.807) is 6.92 Å². The molecule has 0 saturated heterocycles. The van der Waals surface area contributed by atoms with Crippen LogP contribution in [0.4, 0.5) is 4.39 Å². The fourth-order valence-electron chi connectivity index (χ4n) is 1.80. The molecule has 1 aromatic rings. The van der Waals surface area contributed by atoms with Crippen molar-refractivity contribution in [2.24, 2.45) is 5.73 Å². The molecule has 1 rings (SSSR count). The van der Waals surface area contributed by atoms with Gasteiger partial charge in [0.05, 0.1) is 6.10 Å². The van der Waals surface area contributed by atoms with E-state index in [0.29, 0.717) is 18.7 Å². The summed E-state index contributed by atoms with van der Waals surface area (Å²) in [7, 11) is 0. The fraction of sp³-hybridized carbons (Fsp3) is 0.571. The van der Waals surface area contributed by atoms with Gasteiger partial charge in [-0.25, -0.2) is 4.39 Å². The van der Waals surface area contributed by atoms with Crippen LogP contribution in [0.5, 0.6) is 0 Å². The summed E-state index contributed by atoms with van der Waals surface area (Å²) in [6, 6.07) is 5.18. The molecule has 0 radical (unpaired) electrons. The normalized spacial score (nSPS) is 13.7. The van der Waals surface area contributed by atoms with Crippen molar-refractivity contribution >= 4 is 0 Å². The topological polar surface area (TPSA) is 58.3 Å². The zero-order valence-corrected chi connectivity index (χ0v) is 11.3. The summed E-state index contributed by atoms with van der Waals surface area (Å²) in [6.07, 6.45) is -0.518. The van der Waals surface area contributed by atoms with Crippen LogP contribution in [0, 0.1) is 12.7 Å². The number of aryl methyl sites for hydroxylation is 1. The maximum absolute atomic E-state index is 13.2. The first-order valence-corrected chi connectivity index (χ1v) is 6.22. The predicted molar refractivity (Wildman–Crippen MR) is 72.1 cm³/mol. The summed E-state index contributed by atoms with van der Waals surface area (Å²) in [5, 5.41) is 12.6. The second kappa shape index (κ2) is 6.27. The summed E-state index contributed by atoms with van der Waals surface area (Å²) in [4.78, 5) is 0. The van der Waals surface area contributed by atoms with Gasteiger partial charge in [-0.1, -0.05) is 26.0 Å². The van der Waals surface area contributed by atoms with Gasteiger partial charge < -0.3 is 16.2 Å². The molecule has 0 aromatic heterocycles. The van der Waals surface area contributed by atoms with Gasteiger partial charge in [-0.3, -0.25) is 0 Å². The Bertz CT molecular complexity index is 393. The summed E-state index contributed by atoms with van der Waals surface area (Å²) < 4.78 is 13.2. The van der Waals surface area contributed by atoms with Crippen LogP contribution in [0.1, 0.15) is 25.0 Å². The molecule has 102 valence electrons. The van der Waals surface area contributed by atoms with Gasteiger partial charge in [0.25, 0.3) is 0 Å². The molecule has 1 aromatic carbocycles. The van der Waals surface area contributed by atoms with E-state index in [0.717, 1.165) is 5.56 Å². The number of benzene rings is 1. The van der Waals surface area contributed by atoms with Gasteiger partial charge in [0, 0.05) is 25.0 Å². The number of halogens is 1. The van der Waals surface area contributed by atoms with Gasteiger partial charge in [-0.15, -0.1) is 0 Å². The van der Waals surface area contributed by atoms with Crippen LogP contribution in [-0.4, -0.2) is 30.8 Å². The first-order chi connectivity index (χ1) is 8.36. The maximum atomic E-state index is 13.2. The van der Waals surface area contributed by atoms with E-state index >= 15 is 0 Å². The van der Waals surface area contributed by atoms with Gasteiger partial charge in [0.1, 0.15) is 5.82 Å². The van der Waals surface area contributed by atoms with Crippen molar-refractivity contribution in [2.45, 2.75) is 32.3 Å². The van der Waals surface area contributed by atoms with Crippen LogP contribution in [0.2, 0.25) is 0 Å². The Balaban J connectivity index is 2.64. The van der Waals surface area contributed by atoms with E-state index in [-0.39, 0.29) is 17.8 Å². The van der Waals surface area contributed by atoms with Crippen molar-refractivity contribution in [3.05, 3.63) is 35.1 Å². The summed E-state index contributed by atoms with van der Waals surface area (Å²) in [5.41, 5.74) is 6.95. The van der Waals surface area contributed by atoms with Gasteiger partial charge in [0.2, 0.25) is 0 Å². The maximum Gasteiger partial charge on any atom is 0.126 e. The standard InChI is InChI=1S/C14H23FN2O/c1-10-6-11(4-5-13(10)15)14(2,3)9-17-8-12(18)7-16/h4-6,12,17-18H,7-9,16H2,1-3H3. The third-order valence-electron chi connectivity index (χ3n) is 3.16. The molecule has 0 amide bonds. The number of aliphatic hydroxyl groups is 1. The molecule has 1 atom stereocenters. The molecular formula is C14H23FN2O. The van der Waals surface area contributed by atoms with Crippen LogP contribution in [-0.2, 0) is 5.41 Å². The fourth-order valence-corrected chi connectivity index (χ4v) is 1.80. The molecule has 4 N–H and O–H groups in total. The Labute approximate surface area is 108 Å². The smallest absolute Gasteiger partial charge is 0.126 e. The van der Waals surface area contributed by atoms with E-state index < -0.39 is 6.10 Å². The molecule has 4 heteroatoms. The number of hydrogen-bond acceptors (Lipinski definition) is 3. The zero-order chi connectivity index (χ0) is 13.8. The Kier molecular flexibility index (Phi) is 5.26.